The fourth-order valence-electron chi connectivity index (χ4n) is 1.87. The highest BCUT2D eigenvalue weighted by Gasteiger charge is 2.33. The summed E-state index contributed by atoms with van der Waals surface area (Å²) in [6, 6.07) is 2.88. The van der Waals surface area contributed by atoms with Crippen molar-refractivity contribution in [2.24, 2.45) is 0 Å². The quantitative estimate of drug-likeness (QED) is 0.666. The van der Waals surface area contributed by atoms with Gasteiger partial charge in [-0.25, -0.2) is 0 Å². The fourth-order valence-corrected chi connectivity index (χ4v) is 2.29. The van der Waals surface area contributed by atoms with E-state index in [0.29, 0.717) is 5.69 Å². The minimum absolute atomic E-state index is 0.0583. The molecule has 5 nitrogen and oxygen atoms in total. The molecule has 1 aromatic rings. The molecule has 18 heavy (non-hydrogen) atoms. The van der Waals surface area contributed by atoms with E-state index in [1.54, 1.807) is 0 Å². The molecule has 4 N–H and O–H groups in total. The van der Waals surface area contributed by atoms with Crippen LogP contribution in [0.15, 0.2) is 12.1 Å². The molecule has 2 unspecified atom stereocenters. The Bertz CT molecular complexity index is 485. The first-order valence-electron chi connectivity index (χ1n) is 5.30. The van der Waals surface area contributed by atoms with Gasteiger partial charge in [-0.2, -0.15) is 0 Å². The largest absolute Gasteiger partial charge is 0.399 e. The number of hydrogen-bond acceptors (Lipinski definition) is 4. The summed E-state index contributed by atoms with van der Waals surface area (Å²) in [7, 11) is 0. The van der Waals surface area contributed by atoms with Crippen LogP contribution < -0.4 is 5.73 Å². The molecule has 0 spiro atoms. The Morgan fingerprint density at radius 2 is 1.83 bits per heavy atom. The van der Waals surface area contributed by atoms with Gasteiger partial charge in [-0.15, -0.1) is 0 Å². The Balaban J connectivity index is 2.30. The number of nitrogens with zero attached hydrogens (tertiary/aromatic N) is 1. The zero-order chi connectivity index (χ0) is 13.4. The SMILES string of the molecule is Nc1cc(Cl)c(Cl)c(C(=O)N2CC(O)C(O)C2)c1. The predicted molar refractivity (Wildman–Crippen MR) is 68.8 cm³/mol. The van der Waals surface area contributed by atoms with Crippen LogP contribution in [-0.4, -0.2) is 46.3 Å². The summed E-state index contributed by atoms with van der Waals surface area (Å²) in [6.07, 6.45) is -1.88. The Labute approximate surface area is 114 Å². The summed E-state index contributed by atoms with van der Waals surface area (Å²) in [6.45, 7) is 0.117. The van der Waals surface area contributed by atoms with Gasteiger partial charge in [-0.3, -0.25) is 4.79 Å². The molecule has 0 aromatic heterocycles. The zero-order valence-electron chi connectivity index (χ0n) is 9.31. The maximum Gasteiger partial charge on any atom is 0.255 e. The second kappa shape index (κ2) is 4.93. The van der Waals surface area contributed by atoms with Crippen LogP contribution in [-0.2, 0) is 0 Å². The monoisotopic (exact) mass is 290 g/mol. The number of hydrogen-bond donors (Lipinski definition) is 3. The molecule has 1 aliphatic rings. The maximum atomic E-state index is 12.2. The van der Waals surface area contributed by atoms with Gasteiger partial charge in [0.1, 0.15) is 0 Å². The standard InChI is InChI=1S/C11H12Cl2N2O3/c12-7-2-5(14)1-6(10(7)13)11(18)15-3-8(16)9(17)4-15/h1-2,8-9,16-17H,3-4,14H2. The van der Waals surface area contributed by atoms with E-state index in [0.717, 1.165) is 0 Å². The van der Waals surface area contributed by atoms with Gasteiger partial charge in [0.05, 0.1) is 27.8 Å². The van der Waals surface area contributed by atoms with E-state index >= 15 is 0 Å². The summed E-state index contributed by atoms with van der Waals surface area (Å²) >= 11 is 11.8. The van der Waals surface area contributed by atoms with Gasteiger partial charge in [-0.05, 0) is 12.1 Å². The van der Waals surface area contributed by atoms with Gasteiger partial charge in [0, 0.05) is 18.8 Å². The molecular weight excluding hydrogens is 279 g/mol. The molecule has 2 rings (SSSR count). The molecule has 1 aliphatic heterocycles. The number of carbonyl (C=O) groups excluding carboxylic acids is 1. The molecule has 1 fully saturated rings. The number of halogens is 2. The summed E-state index contributed by atoms with van der Waals surface area (Å²) in [5, 5.41) is 19.1. The predicted octanol–water partition coefficient (Wildman–Crippen LogP) is 0.753. The fraction of sp³-hybridized carbons (Fsp3) is 0.364. The van der Waals surface area contributed by atoms with Crippen molar-refractivity contribution >= 4 is 34.8 Å². The van der Waals surface area contributed by atoms with Crippen molar-refractivity contribution in [3.63, 3.8) is 0 Å². The van der Waals surface area contributed by atoms with Gasteiger partial charge in [0.15, 0.2) is 0 Å². The van der Waals surface area contributed by atoms with Crippen molar-refractivity contribution in [1.29, 1.82) is 0 Å². The molecule has 98 valence electrons. The molecule has 1 saturated heterocycles. The minimum atomic E-state index is -0.941. The molecule has 0 radical (unpaired) electrons. The summed E-state index contributed by atoms with van der Waals surface area (Å²) in [5.74, 6) is -0.412. The molecule has 1 aromatic carbocycles. The first-order valence-corrected chi connectivity index (χ1v) is 6.05. The number of carbonyl (C=O) groups is 1. The highest BCUT2D eigenvalue weighted by atomic mass is 35.5. The highest BCUT2D eigenvalue weighted by molar-refractivity contribution is 6.44. The molecule has 0 aliphatic carbocycles. The Morgan fingerprint density at radius 1 is 1.28 bits per heavy atom. The van der Waals surface area contributed by atoms with Crippen molar-refractivity contribution in [1.82, 2.24) is 4.90 Å². The first kappa shape index (κ1) is 13.4. The number of nitrogen functional groups attached to an aromatic ring is 1. The number of β-amino-alcohol motifs (C(OH)–C–C–N with tert-alkyl or cyclic N) is 2. The topological polar surface area (TPSA) is 86.8 Å². The highest BCUT2D eigenvalue weighted by Crippen LogP contribution is 2.30. The van der Waals surface area contributed by atoms with Crippen LogP contribution in [0.5, 0.6) is 0 Å². The van der Waals surface area contributed by atoms with E-state index in [9.17, 15) is 15.0 Å². The Kier molecular flexibility index (Phi) is 3.68. The molecule has 7 heteroatoms. The van der Waals surface area contributed by atoms with Crippen LogP contribution in [0.3, 0.4) is 0 Å². The van der Waals surface area contributed by atoms with E-state index in [2.05, 4.69) is 0 Å². The van der Waals surface area contributed by atoms with E-state index in [-0.39, 0.29) is 28.7 Å². The molecule has 0 bridgehead atoms. The van der Waals surface area contributed by atoms with Gasteiger partial charge >= 0.3 is 0 Å². The van der Waals surface area contributed by atoms with Crippen LogP contribution in [0, 0.1) is 0 Å². The third-order valence-electron chi connectivity index (χ3n) is 2.83. The maximum absolute atomic E-state index is 12.2. The lowest BCUT2D eigenvalue weighted by Crippen LogP contribution is -2.30. The van der Waals surface area contributed by atoms with Gasteiger partial charge in [-0.1, -0.05) is 23.2 Å². The van der Waals surface area contributed by atoms with Crippen LogP contribution >= 0.6 is 23.2 Å². The second-order valence-electron chi connectivity index (χ2n) is 4.21. The molecule has 2 atom stereocenters. The Morgan fingerprint density at radius 3 is 2.39 bits per heavy atom. The van der Waals surface area contributed by atoms with E-state index in [4.69, 9.17) is 28.9 Å². The van der Waals surface area contributed by atoms with Gasteiger partial charge in [0.2, 0.25) is 0 Å². The van der Waals surface area contributed by atoms with Crippen LogP contribution in [0.25, 0.3) is 0 Å². The van der Waals surface area contributed by atoms with Crippen molar-refractivity contribution in [2.75, 3.05) is 18.8 Å². The number of likely N-dealkylation sites (tertiary alicyclic amines) is 1. The molecule has 1 heterocycles. The summed E-state index contributed by atoms with van der Waals surface area (Å²) < 4.78 is 0. The van der Waals surface area contributed by atoms with Crippen molar-refractivity contribution in [3.8, 4) is 0 Å². The molecule has 1 amide bonds. The third kappa shape index (κ3) is 2.40. The minimum Gasteiger partial charge on any atom is -0.399 e. The third-order valence-corrected chi connectivity index (χ3v) is 3.63. The lowest BCUT2D eigenvalue weighted by atomic mass is 10.1. The molecule has 0 saturated carbocycles. The van der Waals surface area contributed by atoms with Gasteiger partial charge in [0.25, 0.3) is 5.91 Å². The zero-order valence-corrected chi connectivity index (χ0v) is 10.8. The summed E-state index contributed by atoms with van der Waals surface area (Å²) in [5.41, 5.74) is 6.10. The smallest absolute Gasteiger partial charge is 0.255 e. The van der Waals surface area contributed by atoms with E-state index < -0.39 is 18.1 Å². The first-order chi connectivity index (χ1) is 8.40. The van der Waals surface area contributed by atoms with Crippen molar-refractivity contribution < 1.29 is 15.0 Å². The van der Waals surface area contributed by atoms with Gasteiger partial charge < -0.3 is 20.8 Å². The average Bonchev–Trinajstić information content (AvgIpc) is 2.63. The number of nitrogens with two attached hydrogens (primary N) is 1. The lowest BCUT2D eigenvalue weighted by molar-refractivity contribution is 0.0572. The number of rotatable bonds is 1. The van der Waals surface area contributed by atoms with Crippen molar-refractivity contribution in [2.45, 2.75) is 12.2 Å². The number of benzene rings is 1. The number of anilines is 1. The average molecular weight is 291 g/mol. The van der Waals surface area contributed by atoms with E-state index in [1.165, 1.54) is 17.0 Å². The summed E-state index contributed by atoms with van der Waals surface area (Å²) in [4.78, 5) is 13.5. The van der Waals surface area contributed by atoms with Crippen molar-refractivity contribution in [3.05, 3.63) is 27.7 Å². The lowest BCUT2D eigenvalue weighted by Gasteiger charge is -2.17. The number of amides is 1. The van der Waals surface area contributed by atoms with Crippen LogP contribution in [0.4, 0.5) is 5.69 Å². The normalized spacial score (nSPS) is 23.4. The number of aliphatic hydroxyl groups excluding tert-OH is 2. The van der Waals surface area contributed by atoms with Crippen LogP contribution in [0.2, 0.25) is 10.0 Å². The number of aliphatic hydroxyl groups is 2. The van der Waals surface area contributed by atoms with Crippen LogP contribution in [0.1, 0.15) is 10.4 Å². The molecular formula is C11H12Cl2N2O3. The second-order valence-corrected chi connectivity index (χ2v) is 4.99. The van der Waals surface area contributed by atoms with E-state index in [1.807, 2.05) is 0 Å². The Hall–Kier alpha value is -1.01.